The van der Waals surface area contributed by atoms with Crippen molar-refractivity contribution in [2.45, 2.75) is 25.2 Å². The largest absolute Gasteiger partial charge is 0.468 e. The number of aromatic nitrogens is 1. The zero-order chi connectivity index (χ0) is 18.3. The lowest BCUT2D eigenvalue weighted by Gasteiger charge is -2.38. The number of quaternary nitrogens is 1. The number of piperidine rings is 1. The van der Waals surface area contributed by atoms with Gasteiger partial charge in [-0.1, -0.05) is 24.3 Å². The molecule has 2 aromatic rings. The first-order valence-corrected chi connectivity index (χ1v) is 9.29. The van der Waals surface area contributed by atoms with Crippen LogP contribution in [0.4, 0.5) is 0 Å². The van der Waals surface area contributed by atoms with E-state index < -0.39 is 11.4 Å². The van der Waals surface area contributed by atoms with Crippen molar-refractivity contribution < 1.29 is 19.2 Å². The van der Waals surface area contributed by atoms with E-state index in [9.17, 15) is 9.59 Å². The summed E-state index contributed by atoms with van der Waals surface area (Å²) in [5.74, 6) is -0.624. The summed E-state index contributed by atoms with van der Waals surface area (Å²) < 4.78 is 5.19. The molecule has 136 valence electrons. The van der Waals surface area contributed by atoms with Gasteiger partial charge in [-0.15, -0.1) is 0 Å². The van der Waals surface area contributed by atoms with Crippen LogP contribution in [0.1, 0.15) is 24.6 Å². The molecule has 26 heavy (non-hydrogen) atoms. The molecule has 2 N–H and O–H groups in total. The molecule has 1 saturated heterocycles. The Morgan fingerprint density at radius 3 is 2.88 bits per heavy atom. The average Bonchev–Trinajstić information content (AvgIpc) is 3.09. The number of carbonyl (C=O) groups is 2. The number of carbonyl (C=O) groups excluding carboxylic acids is 2. The van der Waals surface area contributed by atoms with Crippen LogP contribution >= 0.6 is 0 Å². The van der Waals surface area contributed by atoms with Crippen LogP contribution in [0.3, 0.4) is 0 Å². The van der Waals surface area contributed by atoms with E-state index in [4.69, 9.17) is 4.74 Å². The maximum atomic E-state index is 13.1. The molecule has 1 aromatic carbocycles. The smallest absolute Gasteiger partial charge is 0.325 e. The number of fused-ring (bicyclic) bond motifs is 4. The van der Waals surface area contributed by atoms with Crippen LogP contribution in [-0.2, 0) is 26.2 Å². The number of methoxy groups -OCH3 is 1. The number of rotatable bonds is 2. The summed E-state index contributed by atoms with van der Waals surface area (Å²) in [7, 11) is 1.37. The van der Waals surface area contributed by atoms with E-state index in [1.807, 2.05) is 25.1 Å². The van der Waals surface area contributed by atoms with Crippen LogP contribution in [0.5, 0.6) is 0 Å². The molecule has 0 radical (unpaired) electrons. The number of esters is 1. The van der Waals surface area contributed by atoms with Crippen molar-refractivity contribution in [1.29, 1.82) is 0 Å². The summed E-state index contributed by atoms with van der Waals surface area (Å²) in [6.07, 6.45) is 4.55. The van der Waals surface area contributed by atoms with Crippen LogP contribution in [-0.4, -0.2) is 44.0 Å². The highest BCUT2D eigenvalue weighted by atomic mass is 16.5. The van der Waals surface area contributed by atoms with Crippen molar-refractivity contribution in [3.05, 3.63) is 47.2 Å². The van der Waals surface area contributed by atoms with Crippen molar-refractivity contribution in [3.63, 3.8) is 0 Å². The minimum Gasteiger partial charge on any atom is -0.468 e. The monoisotopic (exact) mass is 353 g/mol. The highest BCUT2D eigenvalue weighted by molar-refractivity contribution is 6.03. The van der Waals surface area contributed by atoms with Crippen LogP contribution < -0.4 is 4.90 Å². The van der Waals surface area contributed by atoms with E-state index in [1.165, 1.54) is 17.6 Å². The second-order valence-electron chi connectivity index (χ2n) is 7.38. The van der Waals surface area contributed by atoms with Crippen molar-refractivity contribution in [1.82, 2.24) is 4.98 Å². The summed E-state index contributed by atoms with van der Waals surface area (Å²) in [5.41, 5.74) is 2.65. The molecule has 3 atom stereocenters. The second-order valence-corrected chi connectivity index (χ2v) is 7.38. The number of allylic oxidation sites excluding steroid dienone is 1. The SMILES string of the molecule is C/C=C1/C[NH+]2CCc3c([nH]c4ccccc34)[C@@](C=O)(C(=O)OC)[C@H]1CC2. The van der Waals surface area contributed by atoms with Crippen molar-refractivity contribution in [2.75, 3.05) is 26.7 Å². The minimum atomic E-state index is -1.30. The van der Waals surface area contributed by atoms with Crippen molar-refractivity contribution >= 4 is 23.2 Å². The van der Waals surface area contributed by atoms with Crippen LogP contribution in [0, 0.1) is 5.92 Å². The first kappa shape index (κ1) is 17.0. The lowest BCUT2D eigenvalue weighted by atomic mass is 9.67. The van der Waals surface area contributed by atoms with Gasteiger partial charge in [0.05, 0.1) is 26.7 Å². The number of benzene rings is 1. The van der Waals surface area contributed by atoms with Gasteiger partial charge in [-0.05, 0) is 24.1 Å². The molecule has 0 spiro atoms. The molecule has 5 nitrogen and oxygen atoms in total. The lowest BCUT2D eigenvalue weighted by Crippen LogP contribution is -3.13. The van der Waals surface area contributed by atoms with E-state index in [1.54, 1.807) is 0 Å². The molecule has 4 heterocycles. The average molecular weight is 353 g/mol. The van der Waals surface area contributed by atoms with Crippen molar-refractivity contribution in [2.24, 2.45) is 5.92 Å². The van der Waals surface area contributed by atoms with E-state index in [2.05, 4.69) is 17.1 Å². The molecule has 3 aliphatic heterocycles. The van der Waals surface area contributed by atoms with Gasteiger partial charge in [-0.25, -0.2) is 0 Å². The molecule has 1 fully saturated rings. The molecular weight excluding hydrogens is 328 g/mol. The van der Waals surface area contributed by atoms with Gasteiger partial charge >= 0.3 is 5.97 Å². The standard InChI is InChI=1S/C21H24N2O3/c1-3-14-12-23-10-8-16-15-6-4-5-7-18(15)22-19(16)21(13-24,20(25)26-2)17(14)9-11-23/h3-7,13,17,22H,8-12H2,1-2H3/p+1/b14-3-/t17-,21-/m0/s1. The van der Waals surface area contributed by atoms with Crippen LogP contribution in [0.25, 0.3) is 10.9 Å². The maximum absolute atomic E-state index is 13.1. The van der Waals surface area contributed by atoms with E-state index in [-0.39, 0.29) is 5.92 Å². The fourth-order valence-electron chi connectivity index (χ4n) is 4.96. The Labute approximate surface area is 153 Å². The number of aromatic amines is 1. The highest BCUT2D eigenvalue weighted by Gasteiger charge is 2.54. The van der Waals surface area contributed by atoms with Crippen LogP contribution in [0.2, 0.25) is 0 Å². The predicted octanol–water partition coefficient (Wildman–Crippen LogP) is 1.18. The number of H-pyrrole nitrogens is 1. The van der Waals surface area contributed by atoms with E-state index in [0.29, 0.717) is 0 Å². The Hall–Kier alpha value is -2.40. The Kier molecular flexibility index (Phi) is 4.19. The third-order valence-electron chi connectivity index (χ3n) is 6.27. The van der Waals surface area contributed by atoms with E-state index in [0.717, 1.165) is 60.9 Å². The molecule has 5 rings (SSSR count). The van der Waals surface area contributed by atoms with E-state index >= 15 is 0 Å². The summed E-state index contributed by atoms with van der Waals surface area (Å²) in [6.45, 7) is 4.85. The third-order valence-corrected chi connectivity index (χ3v) is 6.27. The number of nitrogens with one attached hydrogen (secondary N) is 2. The van der Waals surface area contributed by atoms with Gasteiger partial charge in [0.25, 0.3) is 0 Å². The fraction of sp³-hybridized carbons (Fsp3) is 0.429. The summed E-state index contributed by atoms with van der Waals surface area (Å²) in [4.78, 5) is 30.6. The number of aldehydes is 1. The third kappa shape index (κ3) is 2.27. The Bertz CT molecular complexity index is 898. The quantitative estimate of drug-likeness (QED) is 0.369. The number of hydrogen-bond acceptors (Lipinski definition) is 3. The van der Waals surface area contributed by atoms with Gasteiger partial charge < -0.3 is 19.4 Å². The van der Waals surface area contributed by atoms with Gasteiger partial charge in [0, 0.05) is 35.4 Å². The van der Waals surface area contributed by atoms with Gasteiger partial charge in [-0.2, -0.15) is 0 Å². The molecule has 0 saturated carbocycles. The predicted molar refractivity (Wildman–Crippen MR) is 99.2 cm³/mol. The Morgan fingerprint density at radius 2 is 2.15 bits per heavy atom. The minimum absolute atomic E-state index is 0.161. The second kappa shape index (κ2) is 6.40. The Balaban J connectivity index is 2.06. The first-order chi connectivity index (χ1) is 12.7. The van der Waals surface area contributed by atoms with Gasteiger partial charge in [0.1, 0.15) is 6.29 Å². The highest BCUT2D eigenvalue weighted by Crippen LogP contribution is 2.43. The lowest BCUT2D eigenvalue weighted by molar-refractivity contribution is -0.899. The molecule has 3 aliphatic rings. The molecule has 1 unspecified atom stereocenters. The number of para-hydroxylation sites is 1. The Morgan fingerprint density at radius 1 is 1.35 bits per heavy atom. The zero-order valence-corrected chi connectivity index (χ0v) is 15.3. The summed E-state index contributed by atoms with van der Waals surface area (Å²) in [6, 6.07) is 8.04. The van der Waals surface area contributed by atoms with Gasteiger partial charge in [0.2, 0.25) is 0 Å². The molecule has 5 heteroatoms. The maximum Gasteiger partial charge on any atom is 0.325 e. The molecule has 0 aliphatic carbocycles. The summed E-state index contributed by atoms with van der Waals surface area (Å²) >= 11 is 0. The number of ether oxygens (including phenoxy) is 1. The van der Waals surface area contributed by atoms with Crippen molar-refractivity contribution in [3.8, 4) is 0 Å². The van der Waals surface area contributed by atoms with Crippen LogP contribution in [0.15, 0.2) is 35.9 Å². The normalized spacial score (nSPS) is 29.7. The number of hydrogen-bond donors (Lipinski definition) is 2. The molecule has 1 aromatic heterocycles. The van der Waals surface area contributed by atoms with Gasteiger partial charge in [-0.3, -0.25) is 4.79 Å². The fourth-order valence-corrected chi connectivity index (χ4v) is 4.96. The zero-order valence-electron chi connectivity index (χ0n) is 15.3. The molecule has 2 bridgehead atoms. The first-order valence-electron chi connectivity index (χ1n) is 9.29. The molecule has 0 amide bonds. The summed E-state index contributed by atoms with van der Waals surface area (Å²) in [5, 5.41) is 1.10. The topological polar surface area (TPSA) is 63.6 Å². The molecular formula is C21H25N2O3+. The van der Waals surface area contributed by atoms with Gasteiger partial charge in [0.15, 0.2) is 5.41 Å².